The predicted molar refractivity (Wildman–Crippen MR) is 60.1 cm³/mol. The van der Waals surface area contributed by atoms with E-state index >= 15 is 0 Å². The number of benzene rings is 1. The Morgan fingerprint density at radius 3 is 2.86 bits per heavy atom. The van der Waals surface area contributed by atoms with E-state index in [1.54, 1.807) is 5.57 Å². The van der Waals surface area contributed by atoms with Crippen LogP contribution in [0.1, 0.15) is 30.4 Å². The van der Waals surface area contributed by atoms with E-state index in [4.69, 9.17) is 0 Å². The van der Waals surface area contributed by atoms with Crippen molar-refractivity contribution in [1.82, 2.24) is 0 Å². The lowest BCUT2D eigenvalue weighted by Gasteiger charge is -2.17. The molecular weight excluding hydrogens is 168 g/mol. The molecule has 0 bridgehead atoms. The molecule has 1 aromatic carbocycles. The second kappa shape index (κ2) is 2.84. The van der Waals surface area contributed by atoms with E-state index in [-0.39, 0.29) is 0 Å². The van der Waals surface area contributed by atoms with Crippen LogP contribution in [-0.4, -0.2) is 0 Å². The smallest absolute Gasteiger partial charge is 0.00516 e. The van der Waals surface area contributed by atoms with Gasteiger partial charge in [-0.25, -0.2) is 0 Å². The first-order valence-corrected chi connectivity index (χ1v) is 5.35. The molecule has 0 heteroatoms. The van der Waals surface area contributed by atoms with E-state index < -0.39 is 0 Å². The van der Waals surface area contributed by atoms with Gasteiger partial charge in [0.25, 0.3) is 0 Å². The minimum atomic E-state index is 1.17. The molecule has 0 saturated carbocycles. The van der Waals surface area contributed by atoms with E-state index in [0.717, 1.165) is 0 Å². The molecule has 0 unspecified atom stereocenters. The summed E-state index contributed by atoms with van der Waals surface area (Å²) in [6.07, 6.45) is 4.94. The van der Waals surface area contributed by atoms with Crippen molar-refractivity contribution in [2.24, 2.45) is 0 Å². The average Bonchev–Trinajstić information content (AvgIpc) is 2.57. The van der Waals surface area contributed by atoms with Crippen molar-refractivity contribution in [3.05, 3.63) is 53.1 Å². The standard InChI is InChI=1S/C14H14/c1-10-5-4-7-12-9-11-6-2-3-8-13(11)14(10)12/h2-3,6,8H,1,4-5,7,9H2. The van der Waals surface area contributed by atoms with Gasteiger partial charge in [-0.15, -0.1) is 0 Å². The van der Waals surface area contributed by atoms with Gasteiger partial charge in [0.1, 0.15) is 0 Å². The summed E-state index contributed by atoms with van der Waals surface area (Å²) in [5.41, 5.74) is 7.43. The fourth-order valence-electron chi connectivity index (χ4n) is 2.72. The molecule has 0 saturated heterocycles. The van der Waals surface area contributed by atoms with Crippen LogP contribution in [0.5, 0.6) is 0 Å². The van der Waals surface area contributed by atoms with Crippen LogP contribution in [0.25, 0.3) is 5.57 Å². The van der Waals surface area contributed by atoms with Crippen LogP contribution >= 0.6 is 0 Å². The van der Waals surface area contributed by atoms with Crippen LogP contribution in [0.4, 0.5) is 0 Å². The first-order chi connectivity index (χ1) is 6.86. The molecule has 0 radical (unpaired) electrons. The summed E-state index contributed by atoms with van der Waals surface area (Å²) in [7, 11) is 0. The maximum absolute atomic E-state index is 4.20. The number of hydrogen-bond donors (Lipinski definition) is 0. The highest BCUT2D eigenvalue weighted by Crippen LogP contribution is 2.43. The minimum absolute atomic E-state index is 1.17. The Balaban J connectivity index is 2.19. The summed E-state index contributed by atoms with van der Waals surface area (Å²) >= 11 is 0. The van der Waals surface area contributed by atoms with E-state index in [1.165, 1.54) is 48.0 Å². The second-order valence-corrected chi connectivity index (χ2v) is 4.27. The lowest BCUT2D eigenvalue weighted by Crippen LogP contribution is -1.97. The molecule has 70 valence electrons. The van der Waals surface area contributed by atoms with Crippen molar-refractivity contribution in [3.63, 3.8) is 0 Å². The summed E-state index contributed by atoms with van der Waals surface area (Å²) < 4.78 is 0. The van der Waals surface area contributed by atoms with Crippen LogP contribution in [0.3, 0.4) is 0 Å². The molecule has 3 rings (SSSR count). The van der Waals surface area contributed by atoms with Gasteiger partial charge in [-0.05, 0) is 48.0 Å². The Labute approximate surface area is 85.0 Å². The summed E-state index contributed by atoms with van der Waals surface area (Å²) in [6.45, 7) is 4.20. The highest BCUT2D eigenvalue weighted by Gasteiger charge is 2.24. The molecule has 0 N–H and O–H groups in total. The fraction of sp³-hybridized carbons (Fsp3) is 0.286. The zero-order valence-corrected chi connectivity index (χ0v) is 8.34. The molecule has 0 fully saturated rings. The molecule has 0 nitrogen and oxygen atoms in total. The highest BCUT2D eigenvalue weighted by atomic mass is 14.3. The van der Waals surface area contributed by atoms with Crippen molar-refractivity contribution in [2.45, 2.75) is 25.7 Å². The van der Waals surface area contributed by atoms with Crippen molar-refractivity contribution < 1.29 is 0 Å². The predicted octanol–water partition coefficient (Wildman–Crippen LogP) is 3.74. The van der Waals surface area contributed by atoms with E-state index in [2.05, 4.69) is 30.8 Å². The third kappa shape index (κ3) is 1.00. The van der Waals surface area contributed by atoms with E-state index in [9.17, 15) is 0 Å². The van der Waals surface area contributed by atoms with Crippen molar-refractivity contribution >= 4 is 5.57 Å². The van der Waals surface area contributed by atoms with Crippen molar-refractivity contribution in [3.8, 4) is 0 Å². The Hall–Kier alpha value is -1.30. The van der Waals surface area contributed by atoms with Crippen LogP contribution in [0.15, 0.2) is 42.0 Å². The van der Waals surface area contributed by atoms with Crippen LogP contribution in [0, 0.1) is 0 Å². The Morgan fingerprint density at radius 1 is 1.07 bits per heavy atom. The summed E-state index contributed by atoms with van der Waals surface area (Å²) in [4.78, 5) is 0. The van der Waals surface area contributed by atoms with Crippen molar-refractivity contribution in [2.75, 3.05) is 0 Å². The quantitative estimate of drug-likeness (QED) is 0.573. The summed E-state index contributed by atoms with van der Waals surface area (Å²) in [5, 5.41) is 0. The topological polar surface area (TPSA) is 0 Å². The zero-order valence-electron chi connectivity index (χ0n) is 8.34. The lowest BCUT2D eigenvalue weighted by atomic mass is 9.88. The minimum Gasteiger partial charge on any atom is -0.0952 e. The first kappa shape index (κ1) is 8.05. The molecule has 1 aromatic rings. The van der Waals surface area contributed by atoms with Crippen LogP contribution in [-0.2, 0) is 6.42 Å². The van der Waals surface area contributed by atoms with E-state index in [1.807, 2.05) is 0 Å². The van der Waals surface area contributed by atoms with Crippen LogP contribution < -0.4 is 0 Å². The molecule has 0 amide bonds. The lowest BCUT2D eigenvalue weighted by molar-refractivity contribution is 0.785. The Bertz CT molecular complexity index is 435. The molecule has 0 aliphatic heterocycles. The zero-order chi connectivity index (χ0) is 9.54. The SMILES string of the molecule is C=C1CCCC2=C1c1ccccc1C2. The number of hydrogen-bond acceptors (Lipinski definition) is 0. The third-order valence-corrected chi connectivity index (χ3v) is 3.35. The Morgan fingerprint density at radius 2 is 1.93 bits per heavy atom. The largest absolute Gasteiger partial charge is 0.0952 e. The summed E-state index contributed by atoms with van der Waals surface area (Å²) in [6, 6.07) is 8.77. The molecule has 0 aromatic heterocycles. The van der Waals surface area contributed by atoms with Gasteiger partial charge in [0.05, 0.1) is 0 Å². The fourth-order valence-corrected chi connectivity index (χ4v) is 2.72. The number of fused-ring (bicyclic) bond motifs is 2. The molecule has 2 aliphatic rings. The third-order valence-electron chi connectivity index (χ3n) is 3.35. The molecule has 0 spiro atoms. The normalized spacial score (nSPS) is 19.6. The first-order valence-electron chi connectivity index (χ1n) is 5.35. The highest BCUT2D eigenvalue weighted by molar-refractivity contribution is 5.86. The van der Waals surface area contributed by atoms with Gasteiger partial charge >= 0.3 is 0 Å². The van der Waals surface area contributed by atoms with E-state index in [0.29, 0.717) is 0 Å². The molecule has 0 heterocycles. The van der Waals surface area contributed by atoms with Gasteiger partial charge in [-0.2, -0.15) is 0 Å². The maximum Gasteiger partial charge on any atom is -0.00516 e. The van der Waals surface area contributed by atoms with Crippen molar-refractivity contribution in [1.29, 1.82) is 0 Å². The Kier molecular flexibility index (Phi) is 1.63. The van der Waals surface area contributed by atoms with Gasteiger partial charge < -0.3 is 0 Å². The number of allylic oxidation sites excluding steroid dienone is 3. The maximum atomic E-state index is 4.20. The van der Waals surface area contributed by atoms with Crippen LogP contribution in [0.2, 0.25) is 0 Å². The molecule has 14 heavy (non-hydrogen) atoms. The average molecular weight is 182 g/mol. The monoisotopic (exact) mass is 182 g/mol. The molecule has 0 atom stereocenters. The van der Waals surface area contributed by atoms with Gasteiger partial charge in [-0.3, -0.25) is 0 Å². The van der Waals surface area contributed by atoms with Gasteiger partial charge in [0.15, 0.2) is 0 Å². The summed E-state index contributed by atoms with van der Waals surface area (Å²) in [5.74, 6) is 0. The van der Waals surface area contributed by atoms with Gasteiger partial charge in [-0.1, -0.05) is 36.4 Å². The molecular formula is C14H14. The van der Waals surface area contributed by atoms with Gasteiger partial charge in [0.2, 0.25) is 0 Å². The number of rotatable bonds is 0. The molecule has 2 aliphatic carbocycles. The van der Waals surface area contributed by atoms with Gasteiger partial charge in [0, 0.05) is 0 Å². The second-order valence-electron chi connectivity index (χ2n) is 4.27.